The summed E-state index contributed by atoms with van der Waals surface area (Å²) < 4.78 is 5.30. The number of para-hydroxylation sites is 2. The van der Waals surface area contributed by atoms with Crippen LogP contribution in [0.4, 0.5) is 10.5 Å². The van der Waals surface area contributed by atoms with Gasteiger partial charge in [0.25, 0.3) is 5.91 Å². The average Bonchev–Trinajstić information content (AvgIpc) is 2.83. The minimum atomic E-state index is -0.428. The third-order valence-corrected chi connectivity index (χ3v) is 4.52. The fourth-order valence-corrected chi connectivity index (χ4v) is 3.35. The van der Waals surface area contributed by atoms with Gasteiger partial charge in [0.2, 0.25) is 0 Å². The summed E-state index contributed by atoms with van der Waals surface area (Å²) >= 11 is 0. The van der Waals surface area contributed by atoms with Crippen molar-refractivity contribution in [3.8, 4) is 5.75 Å². The Morgan fingerprint density at radius 3 is 2.48 bits per heavy atom. The van der Waals surface area contributed by atoms with Gasteiger partial charge >= 0.3 is 6.03 Å². The Kier molecular flexibility index (Phi) is 3.08. The molecule has 2 heterocycles. The van der Waals surface area contributed by atoms with Crippen molar-refractivity contribution in [3.05, 3.63) is 59.7 Å². The van der Waals surface area contributed by atoms with Crippen LogP contribution in [-0.4, -0.2) is 30.0 Å². The monoisotopic (exact) mass is 308 g/mol. The van der Waals surface area contributed by atoms with Crippen LogP contribution in [0.5, 0.6) is 5.75 Å². The standard InChI is InChI=1S/C18H16N2O3/c1-23-16-9-5-4-8-14(16)20-17(21)15-10-12-6-2-3-7-13(12)11-19(15)18(20)22/h2-9,15H,10-11H2,1H3/t15-/m1/s1. The van der Waals surface area contributed by atoms with Crippen LogP contribution in [0, 0.1) is 0 Å². The predicted octanol–water partition coefficient (Wildman–Crippen LogP) is 2.59. The quantitative estimate of drug-likeness (QED) is 0.801. The Morgan fingerprint density at radius 1 is 1.00 bits per heavy atom. The molecule has 2 aliphatic heterocycles. The van der Waals surface area contributed by atoms with E-state index in [1.807, 2.05) is 30.3 Å². The van der Waals surface area contributed by atoms with Crippen molar-refractivity contribution in [1.82, 2.24) is 4.90 Å². The minimum absolute atomic E-state index is 0.186. The van der Waals surface area contributed by atoms with Gasteiger partial charge < -0.3 is 9.64 Å². The minimum Gasteiger partial charge on any atom is -0.495 e. The van der Waals surface area contributed by atoms with E-state index in [-0.39, 0.29) is 11.9 Å². The Hall–Kier alpha value is -2.82. The number of hydrogen-bond acceptors (Lipinski definition) is 3. The summed E-state index contributed by atoms with van der Waals surface area (Å²) in [6.07, 6.45) is 0.562. The van der Waals surface area contributed by atoms with Crippen molar-refractivity contribution < 1.29 is 14.3 Å². The number of benzene rings is 2. The van der Waals surface area contributed by atoms with E-state index in [1.54, 1.807) is 23.1 Å². The lowest BCUT2D eigenvalue weighted by atomic mass is 9.95. The highest BCUT2D eigenvalue weighted by atomic mass is 16.5. The molecule has 5 heteroatoms. The average molecular weight is 308 g/mol. The van der Waals surface area contributed by atoms with Crippen LogP contribution in [0.1, 0.15) is 11.1 Å². The molecule has 23 heavy (non-hydrogen) atoms. The van der Waals surface area contributed by atoms with E-state index in [1.165, 1.54) is 12.0 Å². The summed E-state index contributed by atoms with van der Waals surface area (Å²) in [5.74, 6) is 0.334. The third kappa shape index (κ3) is 2.00. The van der Waals surface area contributed by atoms with Crippen LogP contribution in [0.3, 0.4) is 0 Å². The Labute approximate surface area is 134 Å². The summed E-state index contributed by atoms with van der Waals surface area (Å²) in [5.41, 5.74) is 2.74. The number of methoxy groups -OCH3 is 1. The Morgan fingerprint density at radius 2 is 1.70 bits per heavy atom. The first-order chi connectivity index (χ1) is 11.2. The van der Waals surface area contributed by atoms with E-state index in [0.717, 1.165) is 11.1 Å². The molecule has 0 aliphatic carbocycles. The van der Waals surface area contributed by atoms with Crippen LogP contribution in [0.25, 0.3) is 0 Å². The van der Waals surface area contributed by atoms with Crippen molar-refractivity contribution >= 4 is 17.6 Å². The first-order valence-electron chi connectivity index (χ1n) is 7.55. The number of urea groups is 1. The molecule has 3 amide bonds. The van der Waals surface area contributed by atoms with Crippen LogP contribution in [-0.2, 0) is 17.8 Å². The van der Waals surface area contributed by atoms with Crippen molar-refractivity contribution in [1.29, 1.82) is 0 Å². The summed E-state index contributed by atoms with van der Waals surface area (Å²) in [5, 5.41) is 0. The first kappa shape index (κ1) is 13.8. The fourth-order valence-electron chi connectivity index (χ4n) is 3.35. The zero-order valence-corrected chi connectivity index (χ0v) is 12.7. The van der Waals surface area contributed by atoms with Gasteiger partial charge in [-0.25, -0.2) is 9.69 Å². The highest BCUT2D eigenvalue weighted by Gasteiger charge is 2.48. The molecule has 0 bridgehead atoms. The predicted molar refractivity (Wildman–Crippen MR) is 85.4 cm³/mol. The van der Waals surface area contributed by atoms with E-state index in [0.29, 0.717) is 24.4 Å². The van der Waals surface area contributed by atoms with Crippen molar-refractivity contribution in [2.24, 2.45) is 0 Å². The molecule has 0 aromatic heterocycles. The second kappa shape index (κ2) is 5.12. The Bertz CT molecular complexity index is 759. The topological polar surface area (TPSA) is 49.9 Å². The number of ether oxygens (including phenoxy) is 1. The number of anilines is 1. The lowest BCUT2D eigenvalue weighted by Gasteiger charge is -2.28. The lowest BCUT2D eigenvalue weighted by Crippen LogP contribution is -2.39. The number of rotatable bonds is 2. The van der Waals surface area contributed by atoms with E-state index >= 15 is 0 Å². The maximum atomic E-state index is 12.8. The van der Waals surface area contributed by atoms with Gasteiger partial charge in [-0.1, -0.05) is 36.4 Å². The highest BCUT2D eigenvalue weighted by molar-refractivity contribution is 6.22. The van der Waals surface area contributed by atoms with E-state index < -0.39 is 6.04 Å². The molecule has 2 aromatic carbocycles. The van der Waals surface area contributed by atoms with Crippen LogP contribution >= 0.6 is 0 Å². The fraction of sp³-hybridized carbons (Fsp3) is 0.222. The van der Waals surface area contributed by atoms with Gasteiger partial charge in [-0.2, -0.15) is 0 Å². The third-order valence-electron chi connectivity index (χ3n) is 4.52. The maximum absolute atomic E-state index is 12.8. The molecule has 1 atom stereocenters. The zero-order valence-electron chi connectivity index (χ0n) is 12.7. The molecule has 0 unspecified atom stereocenters. The number of carbonyl (C=O) groups excluding carboxylic acids is 2. The van der Waals surface area contributed by atoms with E-state index in [2.05, 4.69) is 0 Å². The van der Waals surface area contributed by atoms with Crippen molar-refractivity contribution in [2.45, 2.75) is 19.0 Å². The molecule has 2 aromatic rings. The number of nitrogens with zero attached hydrogens (tertiary/aromatic N) is 2. The normalized spacial score (nSPS) is 19.6. The molecule has 0 spiro atoms. The van der Waals surface area contributed by atoms with Crippen LogP contribution < -0.4 is 9.64 Å². The van der Waals surface area contributed by atoms with Gasteiger partial charge in [-0.3, -0.25) is 4.79 Å². The van der Waals surface area contributed by atoms with Crippen LogP contribution in [0.2, 0.25) is 0 Å². The first-order valence-corrected chi connectivity index (χ1v) is 7.55. The molecule has 1 fully saturated rings. The SMILES string of the molecule is COc1ccccc1N1C(=O)[C@H]2Cc3ccccc3CN2C1=O. The van der Waals surface area contributed by atoms with Gasteiger partial charge in [-0.05, 0) is 23.3 Å². The van der Waals surface area contributed by atoms with Crippen molar-refractivity contribution in [3.63, 3.8) is 0 Å². The molecule has 2 aliphatic rings. The molecule has 5 nitrogen and oxygen atoms in total. The molecule has 4 rings (SSSR count). The largest absolute Gasteiger partial charge is 0.495 e. The van der Waals surface area contributed by atoms with Gasteiger partial charge in [0.05, 0.1) is 12.8 Å². The van der Waals surface area contributed by atoms with Crippen molar-refractivity contribution in [2.75, 3.05) is 12.0 Å². The molecule has 0 saturated carbocycles. The smallest absolute Gasteiger partial charge is 0.332 e. The number of fused-ring (bicyclic) bond motifs is 2. The molecular formula is C18H16N2O3. The summed E-state index contributed by atoms with van der Waals surface area (Å²) in [6.45, 7) is 0.469. The Balaban J connectivity index is 1.74. The molecular weight excluding hydrogens is 292 g/mol. The van der Waals surface area contributed by atoms with Gasteiger partial charge in [0.15, 0.2) is 0 Å². The number of imide groups is 1. The second-order valence-corrected chi connectivity index (χ2v) is 5.74. The molecule has 0 radical (unpaired) electrons. The summed E-state index contributed by atoms with van der Waals surface area (Å²) in [6, 6.07) is 14.4. The number of hydrogen-bond donors (Lipinski definition) is 0. The van der Waals surface area contributed by atoms with E-state index in [9.17, 15) is 9.59 Å². The number of carbonyl (C=O) groups is 2. The lowest BCUT2D eigenvalue weighted by molar-refractivity contribution is -0.120. The molecule has 0 N–H and O–H groups in total. The van der Waals surface area contributed by atoms with Gasteiger partial charge in [0.1, 0.15) is 11.8 Å². The van der Waals surface area contributed by atoms with Gasteiger partial charge in [0, 0.05) is 13.0 Å². The molecule has 116 valence electrons. The second-order valence-electron chi connectivity index (χ2n) is 5.74. The molecule has 1 saturated heterocycles. The maximum Gasteiger partial charge on any atom is 0.332 e. The van der Waals surface area contributed by atoms with Gasteiger partial charge in [-0.15, -0.1) is 0 Å². The zero-order chi connectivity index (χ0) is 16.0. The number of amides is 3. The summed E-state index contributed by atoms with van der Waals surface area (Å²) in [4.78, 5) is 28.5. The van der Waals surface area contributed by atoms with Crippen LogP contribution in [0.15, 0.2) is 48.5 Å². The van der Waals surface area contributed by atoms with E-state index in [4.69, 9.17) is 4.74 Å². The summed E-state index contributed by atoms with van der Waals surface area (Å²) in [7, 11) is 1.53. The highest BCUT2D eigenvalue weighted by Crippen LogP contribution is 2.36.